The number of β-amino-alcohol motifs (C(OH)–C–C–N with tert-alkyl or cyclic N) is 1. The van der Waals surface area contributed by atoms with Crippen LogP contribution in [0.25, 0.3) is 0 Å². The standard InChI is InChI=1S/C20H30BNO4/c1-19(2)20(3,4)26-21(25-19)16-5-7-18(8-6-16)24-13-17(23)12-22-10-14-9-15(14)11-22/h5-8,14-15,17,23H,9-13H2,1-4H3. The van der Waals surface area contributed by atoms with Gasteiger partial charge in [-0.2, -0.15) is 0 Å². The van der Waals surface area contributed by atoms with E-state index >= 15 is 0 Å². The Labute approximate surface area is 156 Å². The predicted octanol–water partition coefficient (Wildman–Crippen LogP) is 1.68. The topological polar surface area (TPSA) is 51.2 Å². The first-order valence-corrected chi connectivity index (χ1v) is 9.72. The first-order chi connectivity index (χ1) is 12.2. The number of nitrogens with zero attached hydrogens (tertiary/aromatic N) is 1. The molecule has 26 heavy (non-hydrogen) atoms. The summed E-state index contributed by atoms with van der Waals surface area (Å²) in [5.74, 6) is 2.55. The molecule has 3 atom stereocenters. The van der Waals surface area contributed by atoms with Crippen LogP contribution in [0.4, 0.5) is 0 Å². The molecule has 2 heterocycles. The first kappa shape index (κ1) is 18.3. The van der Waals surface area contributed by atoms with E-state index in [-0.39, 0.29) is 18.3 Å². The van der Waals surface area contributed by atoms with E-state index in [1.807, 2.05) is 24.3 Å². The number of aliphatic hydroxyl groups excluding tert-OH is 1. The third-order valence-electron chi connectivity index (χ3n) is 6.37. The fourth-order valence-electron chi connectivity index (χ4n) is 3.89. The molecule has 0 radical (unpaired) electrons. The molecule has 1 N–H and O–H groups in total. The summed E-state index contributed by atoms with van der Waals surface area (Å²) >= 11 is 0. The zero-order valence-electron chi connectivity index (χ0n) is 16.3. The summed E-state index contributed by atoms with van der Waals surface area (Å²) in [5.41, 5.74) is 0.299. The Morgan fingerprint density at radius 2 is 1.69 bits per heavy atom. The van der Waals surface area contributed by atoms with Crippen molar-refractivity contribution in [1.82, 2.24) is 4.90 Å². The molecule has 3 fully saturated rings. The van der Waals surface area contributed by atoms with Crippen LogP contribution >= 0.6 is 0 Å². The first-order valence-electron chi connectivity index (χ1n) is 9.72. The number of ether oxygens (including phenoxy) is 1. The molecular weight excluding hydrogens is 329 g/mol. The van der Waals surface area contributed by atoms with Crippen LogP contribution in [0.3, 0.4) is 0 Å². The van der Waals surface area contributed by atoms with Crippen LogP contribution in [0.5, 0.6) is 5.75 Å². The third-order valence-corrected chi connectivity index (χ3v) is 6.37. The Morgan fingerprint density at radius 1 is 1.12 bits per heavy atom. The highest BCUT2D eigenvalue weighted by molar-refractivity contribution is 6.62. The van der Waals surface area contributed by atoms with E-state index in [1.165, 1.54) is 6.42 Å². The summed E-state index contributed by atoms with van der Waals surface area (Å²) in [5, 5.41) is 10.2. The number of piperidine rings is 1. The summed E-state index contributed by atoms with van der Waals surface area (Å²) in [6.45, 7) is 11.5. The Morgan fingerprint density at radius 3 is 2.27 bits per heavy atom. The van der Waals surface area contributed by atoms with Crippen molar-refractivity contribution in [2.45, 2.75) is 51.4 Å². The van der Waals surface area contributed by atoms with Crippen molar-refractivity contribution in [2.24, 2.45) is 11.8 Å². The lowest BCUT2D eigenvalue weighted by Crippen LogP contribution is -2.41. The van der Waals surface area contributed by atoms with Crippen LogP contribution in [-0.2, 0) is 9.31 Å². The number of likely N-dealkylation sites (tertiary alicyclic amines) is 1. The molecule has 0 amide bonds. The molecule has 5 nitrogen and oxygen atoms in total. The summed E-state index contributed by atoms with van der Waals surface area (Å²) < 4.78 is 17.9. The average Bonchev–Trinajstić information content (AvgIpc) is 3.10. The molecule has 6 heteroatoms. The van der Waals surface area contributed by atoms with Crippen LogP contribution in [0.15, 0.2) is 24.3 Å². The molecule has 0 bridgehead atoms. The van der Waals surface area contributed by atoms with Crippen molar-refractivity contribution >= 4 is 12.6 Å². The highest BCUT2D eigenvalue weighted by Gasteiger charge is 2.51. The number of aliphatic hydroxyl groups is 1. The number of rotatable bonds is 6. The van der Waals surface area contributed by atoms with Gasteiger partial charge in [0, 0.05) is 19.6 Å². The molecule has 1 aromatic rings. The predicted molar refractivity (Wildman–Crippen MR) is 102 cm³/mol. The van der Waals surface area contributed by atoms with E-state index in [9.17, 15) is 5.11 Å². The van der Waals surface area contributed by atoms with Gasteiger partial charge in [0.1, 0.15) is 18.5 Å². The highest BCUT2D eigenvalue weighted by atomic mass is 16.7. The molecule has 2 saturated heterocycles. The van der Waals surface area contributed by atoms with Crippen molar-refractivity contribution in [3.63, 3.8) is 0 Å². The van der Waals surface area contributed by atoms with Gasteiger partial charge in [-0.1, -0.05) is 12.1 Å². The normalized spacial score (nSPS) is 30.3. The summed E-state index contributed by atoms with van der Waals surface area (Å²) in [4.78, 5) is 2.36. The summed E-state index contributed by atoms with van der Waals surface area (Å²) in [7, 11) is -0.360. The summed E-state index contributed by atoms with van der Waals surface area (Å²) in [6.07, 6.45) is 0.938. The molecule has 1 aromatic carbocycles. The zero-order valence-corrected chi connectivity index (χ0v) is 16.3. The van der Waals surface area contributed by atoms with E-state index < -0.39 is 6.10 Å². The lowest BCUT2D eigenvalue weighted by atomic mass is 9.79. The molecule has 3 unspecified atom stereocenters. The fraction of sp³-hybridized carbons (Fsp3) is 0.700. The van der Waals surface area contributed by atoms with E-state index in [4.69, 9.17) is 14.0 Å². The second-order valence-corrected chi connectivity index (χ2v) is 9.10. The number of hydrogen-bond acceptors (Lipinski definition) is 5. The van der Waals surface area contributed by atoms with Crippen molar-refractivity contribution < 1.29 is 19.2 Å². The number of benzene rings is 1. The van der Waals surface area contributed by atoms with Gasteiger partial charge in [0.25, 0.3) is 0 Å². The molecule has 142 valence electrons. The molecule has 3 aliphatic rings. The minimum absolute atomic E-state index is 0.321. The molecular formula is C20H30BNO4. The largest absolute Gasteiger partial charge is 0.494 e. The van der Waals surface area contributed by atoms with Gasteiger partial charge in [0.05, 0.1) is 11.2 Å². The van der Waals surface area contributed by atoms with Crippen molar-refractivity contribution in [1.29, 1.82) is 0 Å². The SMILES string of the molecule is CC1(C)OB(c2ccc(OCC(O)CN3CC4CC4C3)cc2)OC1(C)C. The number of hydrogen-bond donors (Lipinski definition) is 1. The minimum atomic E-state index is -0.449. The van der Waals surface area contributed by atoms with Gasteiger partial charge in [0.2, 0.25) is 0 Å². The van der Waals surface area contributed by atoms with Crippen molar-refractivity contribution in [2.75, 3.05) is 26.2 Å². The fourth-order valence-corrected chi connectivity index (χ4v) is 3.89. The van der Waals surface area contributed by atoms with Gasteiger partial charge < -0.3 is 24.1 Å². The maximum absolute atomic E-state index is 10.2. The molecule has 4 rings (SSSR count). The van der Waals surface area contributed by atoms with Crippen LogP contribution in [0.2, 0.25) is 0 Å². The molecule has 1 aliphatic carbocycles. The maximum Gasteiger partial charge on any atom is 0.494 e. The van der Waals surface area contributed by atoms with Crippen molar-refractivity contribution in [3.05, 3.63) is 24.3 Å². The maximum atomic E-state index is 10.2. The van der Waals surface area contributed by atoms with Crippen LogP contribution in [0.1, 0.15) is 34.1 Å². The monoisotopic (exact) mass is 359 g/mol. The Balaban J connectivity index is 1.26. The van der Waals surface area contributed by atoms with E-state index in [1.54, 1.807) is 0 Å². The van der Waals surface area contributed by atoms with Gasteiger partial charge in [-0.15, -0.1) is 0 Å². The second kappa shape index (κ2) is 6.52. The van der Waals surface area contributed by atoms with E-state index in [0.717, 1.165) is 36.1 Å². The molecule has 1 saturated carbocycles. The summed E-state index contributed by atoms with van der Waals surface area (Å²) in [6, 6.07) is 7.77. The minimum Gasteiger partial charge on any atom is -0.491 e. The lowest BCUT2D eigenvalue weighted by molar-refractivity contribution is 0.00578. The molecule has 0 spiro atoms. The molecule has 2 aliphatic heterocycles. The number of fused-ring (bicyclic) bond motifs is 1. The lowest BCUT2D eigenvalue weighted by Gasteiger charge is -2.32. The van der Waals surface area contributed by atoms with Gasteiger partial charge in [-0.05, 0) is 63.5 Å². The second-order valence-electron chi connectivity index (χ2n) is 9.10. The van der Waals surface area contributed by atoms with Crippen LogP contribution in [0, 0.1) is 11.8 Å². The Bertz CT molecular complexity index is 622. The molecule has 0 aromatic heterocycles. The zero-order chi connectivity index (χ0) is 18.5. The Hall–Kier alpha value is -1.08. The quantitative estimate of drug-likeness (QED) is 0.784. The third kappa shape index (κ3) is 3.65. The smallest absolute Gasteiger partial charge is 0.491 e. The van der Waals surface area contributed by atoms with E-state index in [2.05, 4.69) is 32.6 Å². The Kier molecular flexibility index (Phi) is 4.59. The van der Waals surface area contributed by atoms with Crippen LogP contribution < -0.4 is 10.2 Å². The van der Waals surface area contributed by atoms with Crippen molar-refractivity contribution in [3.8, 4) is 5.75 Å². The van der Waals surface area contributed by atoms with Gasteiger partial charge in [-0.25, -0.2) is 0 Å². The van der Waals surface area contributed by atoms with Gasteiger partial charge >= 0.3 is 7.12 Å². The average molecular weight is 359 g/mol. The highest BCUT2D eigenvalue weighted by Crippen LogP contribution is 2.44. The van der Waals surface area contributed by atoms with Gasteiger partial charge in [0.15, 0.2) is 0 Å². The van der Waals surface area contributed by atoms with E-state index in [0.29, 0.717) is 13.2 Å². The van der Waals surface area contributed by atoms with Crippen LogP contribution in [-0.4, -0.2) is 60.7 Å². The van der Waals surface area contributed by atoms with Gasteiger partial charge in [-0.3, -0.25) is 0 Å².